The Hall–Kier alpha value is -1.32. The minimum atomic E-state index is 0.200. The van der Waals surface area contributed by atoms with Gasteiger partial charge in [0.1, 0.15) is 11.6 Å². The van der Waals surface area contributed by atoms with Gasteiger partial charge in [-0.3, -0.25) is 0 Å². The van der Waals surface area contributed by atoms with E-state index in [0.717, 1.165) is 31.0 Å². The second kappa shape index (κ2) is 6.03. The molecular weight excluding hydrogens is 226 g/mol. The van der Waals surface area contributed by atoms with Crippen LogP contribution in [0.3, 0.4) is 0 Å². The van der Waals surface area contributed by atoms with E-state index in [1.54, 1.807) is 0 Å². The molecule has 1 aliphatic rings. The monoisotopic (exact) mass is 249 g/mol. The van der Waals surface area contributed by atoms with Gasteiger partial charge in [-0.05, 0) is 32.6 Å². The molecule has 1 aromatic rings. The maximum Gasteiger partial charge on any atom is 0.218 e. The summed E-state index contributed by atoms with van der Waals surface area (Å²) in [4.78, 5) is 9.08. The molecule has 1 heterocycles. The Balaban J connectivity index is 2.13. The Bertz CT molecular complexity index is 391. The van der Waals surface area contributed by atoms with Crippen LogP contribution in [-0.2, 0) is 0 Å². The normalized spacial score (nSPS) is 16.4. The van der Waals surface area contributed by atoms with Crippen LogP contribution in [0.5, 0.6) is 5.88 Å². The van der Waals surface area contributed by atoms with Gasteiger partial charge in [-0.1, -0.05) is 13.8 Å². The highest BCUT2D eigenvalue weighted by Gasteiger charge is 2.27. The van der Waals surface area contributed by atoms with E-state index in [-0.39, 0.29) is 6.10 Å². The zero-order valence-corrected chi connectivity index (χ0v) is 11.6. The van der Waals surface area contributed by atoms with Crippen molar-refractivity contribution in [2.24, 2.45) is 0 Å². The molecule has 0 radical (unpaired) electrons. The van der Waals surface area contributed by atoms with Gasteiger partial charge >= 0.3 is 0 Å². The summed E-state index contributed by atoms with van der Waals surface area (Å²) in [7, 11) is 0. The smallest absolute Gasteiger partial charge is 0.218 e. The lowest BCUT2D eigenvalue weighted by atomic mass is 10.3. The molecular formula is C14H23N3O. The fourth-order valence-electron chi connectivity index (χ4n) is 1.66. The molecule has 0 bridgehead atoms. The van der Waals surface area contributed by atoms with Gasteiger partial charge in [0.05, 0.1) is 6.10 Å². The first kappa shape index (κ1) is 13.1. The van der Waals surface area contributed by atoms with Crippen molar-refractivity contribution in [3.05, 3.63) is 11.9 Å². The largest absolute Gasteiger partial charge is 0.475 e. The third-order valence-corrected chi connectivity index (χ3v) is 3.12. The molecule has 0 saturated heterocycles. The Morgan fingerprint density at radius 3 is 2.78 bits per heavy atom. The van der Waals surface area contributed by atoms with Crippen molar-refractivity contribution in [1.82, 2.24) is 9.97 Å². The van der Waals surface area contributed by atoms with Crippen LogP contribution in [0, 0.1) is 0 Å². The van der Waals surface area contributed by atoms with Crippen molar-refractivity contribution in [1.29, 1.82) is 0 Å². The highest BCUT2D eigenvalue weighted by Crippen LogP contribution is 2.39. The Labute approximate surface area is 109 Å². The average Bonchev–Trinajstić information content (AvgIpc) is 3.20. The number of nitrogens with one attached hydrogen (secondary N) is 1. The molecule has 0 aromatic carbocycles. The van der Waals surface area contributed by atoms with Gasteiger partial charge < -0.3 is 10.1 Å². The van der Waals surface area contributed by atoms with Crippen molar-refractivity contribution >= 4 is 5.82 Å². The number of hydrogen-bond donors (Lipinski definition) is 1. The van der Waals surface area contributed by atoms with Gasteiger partial charge in [0.15, 0.2) is 0 Å². The van der Waals surface area contributed by atoms with Crippen molar-refractivity contribution in [3.63, 3.8) is 0 Å². The molecule has 1 N–H and O–H groups in total. The number of rotatable bonds is 7. The first-order valence-electron chi connectivity index (χ1n) is 7.02. The molecule has 2 rings (SSSR count). The maximum atomic E-state index is 5.81. The molecule has 1 aliphatic carbocycles. The number of anilines is 1. The fourth-order valence-corrected chi connectivity index (χ4v) is 1.66. The van der Waals surface area contributed by atoms with Crippen LogP contribution < -0.4 is 10.1 Å². The van der Waals surface area contributed by atoms with E-state index < -0.39 is 0 Å². The quantitative estimate of drug-likeness (QED) is 0.805. The molecule has 4 nitrogen and oxygen atoms in total. The summed E-state index contributed by atoms with van der Waals surface area (Å²) < 4.78 is 5.81. The third-order valence-electron chi connectivity index (χ3n) is 3.12. The molecule has 1 fully saturated rings. The molecule has 1 unspecified atom stereocenters. The predicted octanol–water partition coefficient (Wildman–Crippen LogP) is 3.35. The first-order valence-corrected chi connectivity index (χ1v) is 7.02. The van der Waals surface area contributed by atoms with Crippen LogP contribution in [-0.4, -0.2) is 22.6 Å². The second-order valence-electron chi connectivity index (χ2n) is 4.99. The highest BCUT2D eigenvalue weighted by molar-refractivity contribution is 5.39. The van der Waals surface area contributed by atoms with E-state index in [2.05, 4.69) is 36.1 Å². The SMILES string of the molecule is CCCNc1cc(OC(C)CC)nc(C2CC2)n1. The summed E-state index contributed by atoms with van der Waals surface area (Å²) >= 11 is 0. The predicted molar refractivity (Wildman–Crippen MR) is 73.2 cm³/mol. The van der Waals surface area contributed by atoms with Crippen molar-refractivity contribution in [3.8, 4) is 5.88 Å². The minimum Gasteiger partial charge on any atom is -0.475 e. The summed E-state index contributed by atoms with van der Waals surface area (Å²) in [5.41, 5.74) is 0. The molecule has 4 heteroatoms. The molecule has 100 valence electrons. The lowest BCUT2D eigenvalue weighted by Gasteiger charge is -2.14. The van der Waals surface area contributed by atoms with Crippen LogP contribution in [0.2, 0.25) is 0 Å². The summed E-state index contributed by atoms with van der Waals surface area (Å²) in [6, 6.07) is 1.91. The summed E-state index contributed by atoms with van der Waals surface area (Å²) in [5, 5.41) is 3.32. The topological polar surface area (TPSA) is 47.0 Å². The minimum absolute atomic E-state index is 0.200. The number of nitrogens with zero attached hydrogens (tertiary/aromatic N) is 2. The van der Waals surface area contributed by atoms with E-state index in [0.29, 0.717) is 11.8 Å². The van der Waals surface area contributed by atoms with Gasteiger partial charge in [-0.25, -0.2) is 4.98 Å². The van der Waals surface area contributed by atoms with E-state index in [4.69, 9.17) is 4.74 Å². The summed E-state index contributed by atoms with van der Waals surface area (Å²) in [6.45, 7) is 7.26. The molecule has 0 amide bonds. The van der Waals surface area contributed by atoms with E-state index >= 15 is 0 Å². The van der Waals surface area contributed by atoms with E-state index in [1.807, 2.05) is 6.07 Å². The van der Waals surface area contributed by atoms with Gasteiger partial charge in [-0.2, -0.15) is 4.98 Å². The van der Waals surface area contributed by atoms with Crippen LogP contribution in [0.4, 0.5) is 5.82 Å². The van der Waals surface area contributed by atoms with Gasteiger partial charge in [-0.15, -0.1) is 0 Å². The molecule has 1 saturated carbocycles. The lowest BCUT2D eigenvalue weighted by molar-refractivity contribution is 0.208. The second-order valence-corrected chi connectivity index (χ2v) is 4.99. The van der Waals surface area contributed by atoms with E-state index in [9.17, 15) is 0 Å². The molecule has 1 aromatic heterocycles. The fraction of sp³-hybridized carbons (Fsp3) is 0.714. The molecule has 18 heavy (non-hydrogen) atoms. The Morgan fingerprint density at radius 1 is 1.39 bits per heavy atom. The van der Waals surface area contributed by atoms with Crippen molar-refractivity contribution < 1.29 is 4.74 Å². The van der Waals surface area contributed by atoms with Crippen LogP contribution in [0.1, 0.15) is 58.2 Å². The average molecular weight is 249 g/mol. The van der Waals surface area contributed by atoms with Crippen LogP contribution >= 0.6 is 0 Å². The number of hydrogen-bond acceptors (Lipinski definition) is 4. The third kappa shape index (κ3) is 3.59. The lowest BCUT2D eigenvalue weighted by Crippen LogP contribution is -2.13. The van der Waals surface area contributed by atoms with Crippen LogP contribution in [0.15, 0.2) is 6.07 Å². The summed E-state index contributed by atoms with van der Waals surface area (Å²) in [6.07, 6.45) is 4.69. The zero-order valence-electron chi connectivity index (χ0n) is 11.6. The standard InChI is InChI=1S/C14H23N3O/c1-4-8-15-12-9-13(18-10(3)5-2)17-14(16-12)11-6-7-11/h9-11H,4-8H2,1-3H3,(H,15,16,17). The first-order chi connectivity index (χ1) is 8.72. The molecule has 0 aliphatic heterocycles. The van der Waals surface area contributed by atoms with Gasteiger partial charge in [0, 0.05) is 18.5 Å². The van der Waals surface area contributed by atoms with Gasteiger partial charge in [0.25, 0.3) is 0 Å². The zero-order chi connectivity index (χ0) is 13.0. The van der Waals surface area contributed by atoms with Crippen molar-refractivity contribution in [2.75, 3.05) is 11.9 Å². The van der Waals surface area contributed by atoms with Crippen molar-refractivity contribution in [2.45, 2.75) is 58.5 Å². The Morgan fingerprint density at radius 2 is 2.17 bits per heavy atom. The Kier molecular flexibility index (Phi) is 4.39. The van der Waals surface area contributed by atoms with Gasteiger partial charge in [0.2, 0.25) is 5.88 Å². The molecule has 0 spiro atoms. The number of aromatic nitrogens is 2. The van der Waals surface area contributed by atoms with Crippen LogP contribution in [0.25, 0.3) is 0 Å². The summed E-state index contributed by atoms with van der Waals surface area (Å²) in [5.74, 6) is 3.09. The maximum absolute atomic E-state index is 5.81. The molecule has 1 atom stereocenters. The van der Waals surface area contributed by atoms with E-state index in [1.165, 1.54) is 12.8 Å². The highest BCUT2D eigenvalue weighted by atomic mass is 16.5. The number of ether oxygens (including phenoxy) is 1.